The number of carbonyl (C=O) groups is 1. The third-order valence-corrected chi connectivity index (χ3v) is 4.94. The Kier molecular flexibility index (Phi) is 6.11. The first-order valence-electron chi connectivity index (χ1n) is 10.5. The van der Waals surface area contributed by atoms with Crippen molar-refractivity contribution < 1.29 is 18.7 Å². The van der Waals surface area contributed by atoms with E-state index in [0.717, 1.165) is 12.8 Å². The zero-order valence-electron chi connectivity index (χ0n) is 17.7. The van der Waals surface area contributed by atoms with Gasteiger partial charge in [0.1, 0.15) is 0 Å². The maximum absolute atomic E-state index is 12.8. The lowest BCUT2D eigenvalue weighted by Gasteiger charge is -2.12. The summed E-state index contributed by atoms with van der Waals surface area (Å²) < 4.78 is 19.6. The van der Waals surface area contributed by atoms with E-state index in [9.17, 15) is 9.59 Å². The summed E-state index contributed by atoms with van der Waals surface area (Å²) in [5.74, 6) is 1.95. The van der Waals surface area contributed by atoms with Gasteiger partial charge in [-0.2, -0.15) is 0 Å². The third kappa shape index (κ3) is 4.50. The van der Waals surface area contributed by atoms with Crippen LogP contribution in [-0.2, 0) is 6.54 Å². The molecule has 1 aromatic carbocycles. The Morgan fingerprint density at radius 2 is 1.97 bits per heavy atom. The molecule has 0 saturated heterocycles. The smallest absolute Gasteiger partial charge is 0.346 e. The van der Waals surface area contributed by atoms with Gasteiger partial charge in [0.15, 0.2) is 17.3 Å². The minimum Gasteiger partial charge on any atom is -0.490 e. The van der Waals surface area contributed by atoms with Crippen LogP contribution in [0.5, 0.6) is 11.5 Å². The van der Waals surface area contributed by atoms with Crippen LogP contribution in [0.3, 0.4) is 0 Å². The number of rotatable bonds is 10. The molecule has 1 amide bonds. The molecular formula is C22H26N4O5. The van der Waals surface area contributed by atoms with Crippen molar-refractivity contribution in [2.24, 2.45) is 0 Å². The maximum Gasteiger partial charge on any atom is 0.346 e. The van der Waals surface area contributed by atoms with Crippen LogP contribution in [0, 0.1) is 0 Å². The third-order valence-electron chi connectivity index (χ3n) is 4.94. The number of aromatic nitrogens is 3. The van der Waals surface area contributed by atoms with Gasteiger partial charge in [0.25, 0.3) is 5.91 Å². The van der Waals surface area contributed by atoms with Gasteiger partial charge in [-0.3, -0.25) is 9.36 Å². The highest BCUT2D eigenvalue weighted by Gasteiger charge is 2.31. The summed E-state index contributed by atoms with van der Waals surface area (Å²) in [5, 5.41) is 7.28. The van der Waals surface area contributed by atoms with Gasteiger partial charge in [-0.05, 0) is 57.0 Å². The Morgan fingerprint density at radius 3 is 2.65 bits per heavy atom. The summed E-state index contributed by atoms with van der Waals surface area (Å²) in [7, 11) is 0. The van der Waals surface area contributed by atoms with Gasteiger partial charge in [-0.15, -0.1) is 5.10 Å². The molecule has 1 aliphatic carbocycles. The molecule has 3 aromatic rings. The molecule has 9 nitrogen and oxygen atoms in total. The van der Waals surface area contributed by atoms with Crippen LogP contribution < -0.4 is 20.5 Å². The number of amides is 1. The molecule has 4 rings (SSSR count). The standard InChI is InChI=1S/C22H26N4O5/c1-3-29-17-10-7-15(14-19(17)30-4-2)21(27)23-11-12-25-22(28)26(16-8-9-16)20(24-25)18-6-5-13-31-18/h5-7,10,13-14,16H,3-4,8-9,11-12H2,1-2H3,(H,23,27). The van der Waals surface area contributed by atoms with Crippen molar-refractivity contribution in [1.82, 2.24) is 19.7 Å². The number of furan rings is 1. The zero-order chi connectivity index (χ0) is 21.8. The molecule has 164 valence electrons. The van der Waals surface area contributed by atoms with Gasteiger partial charge >= 0.3 is 5.69 Å². The van der Waals surface area contributed by atoms with E-state index in [1.165, 1.54) is 4.68 Å². The molecule has 0 spiro atoms. The van der Waals surface area contributed by atoms with E-state index in [2.05, 4.69) is 10.4 Å². The van der Waals surface area contributed by atoms with Crippen LogP contribution in [0.15, 0.2) is 45.8 Å². The average molecular weight is 426 g/mol. The highest BCUT2D eigenvalue weighted by Crippen LogP contribution is 2.36. The molecule has 0 atom stereocenters. The summed E-state index contributed by atoms with van der Waals surface area (Å²) in [6, 6.07) is 8.79. The lowest BCUT2D eigenvalue weighted by Crippen LogP contribution is -2.32. The SMILES string of the molecule is CCOc1ccc(C(=O)NCCn2nc(-c3ccco3)n(C3CC3)c2=O)cc1OCC. The Bertz CT molecular complexity index is 1100. The second-order valence-corrected chi connectivity index (χ2v) is 7.19. The van der Waals surface area contributed by atoms with Gasteiger partial charge in [0.05, 0.1) is 26.0 Å². The Labute approximate surface area is 179 Å². The van der Waals surface area contributed by atoms with Crippen molar-refractivity contribution in [3.8, 4) is 23.1 Å². The molecule has 0 aliphatic heterocycles. The van der Waals surface area contributed by atoms with E-state index < -0.39 is 0 Å². The Balaban J connectivity index is 1.44. The fourth-order valence-electron chi connectivity index (χ4n) is 3.37. The van der Waals surface area contributed by atoms with E-state index in [-0.39, 0.29) is 30.7 Å². The van der Waals surface area contributed by atoms with Crippen LogP contribution in [-0.4, -0.2) is 40.0 Å². The Hall–Kier alpha value is -3.49. The van der Waals surface area contributed by atoms with Gasteiger partial charge in [0, 0.05) is 18.2 Å². The number of nitrogens with one attached hydrogen (secondary N) is 1. The number of carbonyl (C=O) groups excluding carboxylic acids is 1. The monoisotopic (exact) mass is 426 g/mol. The number of hydrogen-bond donors (Lipinski definition) is 1. The molecule has 31 heavy (non-hydrogen) atoms. The molecule has 1 saturated carbocycles. The summed E-state index contributed by atoms with van der Waals surface area (Å²) in [6.45, 7) is 5.25. The molecule has 2 heterocycles. The van der Waals surface area contributed by atoms with Crippen LogP contribution in [0.25, 0.3) is 11.6 Å². The molecule has 1 fully saturated rings. The largest absolute Gasteiger partial charge is 0.490 e. The summed E-state index contributed by atoms with van der Waals surface area (Å²) in [4.78, 5) is 25.4. The molecular weight excluding hydrogens is 400 g/mol. The highest BCUT2D eigenvalue weighted by atomic mass is 16.5. The molecule has 2 aromatic heterocycles. The van der Waals surface area contributed by atoms with Crippen molar-refractivity contribution in [3.63, 3.8) is 0 Å². The summed E-state index contributed by atoms with van der Waals surface area (Å²) in [5.41, 5.74) is 0.266. The van der Waals surface area contributed by atoms with Crippen molar-refractivity contribution in [3.05, 3.63) is 52.6 Å². The highest BCUT2D eigenvalue weighted by molar-refractivity contribution is 5.94. The quantitative estimate of drug-likeness (QED) is 0.535. The summed E-state index contributed by atoms with van der Waals surface area (Å²) in [6.07, 6.45) is 3.47. The first-order valence-corrected chi connectivity index (χ1v) is 10.5. The predicted octanol–water partition coefficient (Wildman–Crippen LogP) is 2.87. The minimum atomic E-state index is -0.259. The van der Waals surface area contributed by atoms with E-state index in [1.54, 1.807) is 41.2 Å². The predicted molar refractivity (Wildman–Crippen MR) is 114 cm³/mol. The first kappa shape index (κ1) is 20.8. The van der Waals surface area contributed by atoms with E-state index in [4.69, 9.17) is 13.9 Å². The van der Waals surface area contributed by atoms with Gasteiger partial charge in [0.2, 0.25) is 5.82 Å². The normalized spacial score (nSPS) is 13.2. The maximum atomic E-state index is 12.8. The Morgan fingerprint density at radius 1 is 1.19 bits per heavy atom. The first-order chi connectivity index (χ1) is 15.1. The lowest BCUT2D eigenvalue weighted by atomic mass is 10.2. The second-order valence-electron chi connectivity index (χ2n) is 7.19. The molecule has 0 radical (unpaired) electrons. The fraction of sp³-hybridized carbons (Fsp3) is 0.409. The van der Waals surface area contributed by atoms with E-state index in [0.29, 0.717) is 41.9 Å². The van der Waals surface area contributed by atoms with Crippen molar-refractivity contribution in [1.29, 1.82) is 0 Å². The molecule has 1 N–H and O–H groups in total. The van der Waals surface area contributed by atoms with Gasteiger partial charge in [-0.1, -0.05) is 0 Å². The number of benzene rings is 1. The molecule has 0 bridgehead atoms. The fourth-order valence-corrected chi connectivity index (χ4v) is 3.37. The zero-order valence-corrected chi connectivity index (χ0v) is 17.7. The number of nitrogens with zero attached hydrogens (tertiary/aromatic N) is 3. The molecule has 9 heteroatoms. The molecule has 1 aliphatic rings. The average Bonchev–Trinajstić information content (AvgIpc) is 3.34. The minimum absolute atomic E-state index is 0.164. The van der Waals surface area contributed by atoms with Crippen LogP contribution in [0.4, 0.5) is 0 Å². The van der Waals surface area contributed by atoms with Crippen molar-refractivity contribution >= 4 is 5.91 Å². The number of ether oxygens (including phenoxy) is 2. The van der Waals surface area contributed by atoms with Crippen molar-refractivity contribution in [2.75, 3.05) is 19.8 Å². The van der Waals surface area contributed by atoms with E-state index in [1.807, 2.05) is 13.8 Å². The van der Waals surface area contributed by atoms with Crippen LogP contribution >= 0.6 is 0 Å². The van der Waals surface area contributed by atoms with Crippen LogP contribution in [0.2, 0.25) is 0 Å². The van der Waals surface area contributed by atoms with Gasteiger partial charge in [-0.25, -0.2) is 9.48 Å². The van der Waals surface area contributed by atoms with Crippen LogP contribution in [0.1, 0.15) is 43.1 Å². The molecule has 0 unspecified atom stereocenters. The topological polar surface area (TPSA) is 101 Å². The number of hydrogen-bond acceptors (Lipinski definition) is 6. The lowest BCUT2D eigenvalue weighted by molar-refractivity contribution is 0.0951. The summed E-state index contributed by atoms with van der Waals surface area (Å²) >= 11 is 0. The van der Waals surface area contributed by atoms with Crippen molar-refractivity contribution in [2.45, 2.75) is 39.3 Å². The van der Waals surface area contributed by atoms with Gasteiger partial charge < -0.3 is 19.2 Å². The van der Waals surface area contributed by atoms with E-state index >= 15 is 0 Å². The second kappa shape index (κ2) is 9.11.